The van der Waals surface area contributed by atoms with Gasteiger partial charge in [-0.3, -0.25) is 0 Å². The van der Waals surface area contributed by atoms with E-state index in [1.807, 2.05) is 0 Å². The van der Waals surface area contributed by atoms with Crippen LogP contribution >= 0.6 is 0 Å². The highest BCUT2D eigenvalue weighted by atomic mass is 32.2. The molecular formula is C15H19FN4O2S. The van der Waals surface area contributed by atoms with E-state index in [0.717, 1.165) is 19.3 Å². The third kappa shape index (κ3) is 3.29. The van der Waals surface area contributed by atoms with Gasteiger partial charge in [0.25, 0.3) is 0 Å². The summed E-state index contributed by atoms with van der Waals surface area (Å²) in [5.41, 5.74) is 5.89. The van der Waals surface area contributed by atoms with E-state index in [2.05, 4.69) is 9.82 Å². The average molecular weight is 338 g/mol. The smallest absolute Gasteiger partial charge is 0.243 e. The molecule has 2 unspecified atom stereocenters. The van der Waals surface area contributed by atoms with Gasteiger partial charge >= 0.3 is 0 Å². The molecule has 1 aliphatic rings. The Morgan fingerprint density at radius 3 is 2.87 bits per heavy atom. The summed E-state index contributed by atoms with van der Waals surface area (Å²) < 4.78 is 42.6. The van der Waals surface area contributed by atoms with Gasteiger partial charge in [-0.15, -0.1) is 0 Å². The van der Waals surface area contributed by atoms with Crippen LogP contribution in [-0.4, -0.2) is 30.8 Å². The molecule has 2 atom stereocenters. The van der Waals surface area contributed by atoms with Crippen LogP contribution in [0, 0.1) is 11.7 Å². The predicted molar refractivity (Wildman–Crippen MR) is 84.0 cm³/mol. The Morgan fingerprint density at radius 2 is 2.13 bits per heavy atom. The Morgan fingerprint density at radius 1 is 1.35 bits per heavy atom. The Hall–Kier alpha value is -1.77. The van der Waals surface area contributed by atoms with E-state index in [1.54, 1.807) is 12.1 Å². The lowest BCUT2D eigenvalue weighted by Crippen LogP contribution is -2.39. The first kappa shape index (κ1) is 16.1. The van der Waals surface area contributed by atoms with Crippen molar-refractivity contribution in [2.45, 2.75) is 30.2 Å². The first-order chi connectivity index (χ1) is 11.0. The number of halogens is 1. The molecule has 124 valence electrons. The van der Waals surface area contributed by atoms with Crippen molar-refractivity contribution in [3.8, 4) is 5.69 Å². The summed E-state index contributed by atoms with van der Waals surface area (Å²) >= 11 is 0. The van der Waals surface area contributed by atoms with Crippen molar-refractivity contribution in [3.63, 3.8) is 0 Å². The van der Waals surface area contributed by atoms with Crippen molar-refractivity contribution in [1.82, 2.24) is 14.5 Å². The zero-order valence-electron chi connectivity index (χ0n) is 12.5. The normalized spacial score (nSPS) is 21.7. The summed E-state index contributed by atoms with van der Waals surface area (Å²) in [6.07, 6.45) is 5.21. The summed E-state index contributed by atoms with van der Waals surface area (Å²) in [6, 6.07) is 5.91. The van der Waals surface area contributed by atoms with Crippen LogP contribution in [0.5, 0.6) is 0 Å². The van der Waals surface area contributed by atoms with Crippen molar-refractivity contribution in [2.24, 2.45) is 11.7 Å². The molecule has 1 fully saturated rings. The molecule has 3 N–H and O–H groups in total. The Kier molecular flexibility index (Phi) is 4.47. The van der Waals surface area contributed by atoms with Crippen LogP contribution < -0.4 is 10.5 Å². The average Bonchev–Trinajstić information content (AvgIpc) is 3.16. The summed E-state index contributed by atoms with van der Waals surface area (Å²) in [6.45, 7) is 0.460. The molecule has 1 saturated carbocycles. The summed E-state index contributed by atoms with van der Waals surface area (Å²) in [5, 5.41) is 3.96. The number of nitrogens with two attached hydrogens (primary N) is 1. The molecule has 1 aromatic carbocycles. The number of aromatic nitrogens is 2. The zero-order valence-corrected chi connectivity index (χ0v) is 13.3. The molecule has 3 rings (SSSR count). The number of para-hydroxylation sites is 1. The van der Waals surface area contributed by atoms with E-state index < -0.39 is 15.8 Å². The van der Waals surface area contributed by atoms with Gasteiger partial charge in [-0.1, -0.05) is 18.6 Å². The highest BCUT2D eigenvalue weighted by Gasteiger charge is 2.31. The van der Waals surface area contributed by atoms with Crippen molar-refractivity contribution >= 4 is 10.0 Å². The molecule has 1 aliphatic carbocycles. The molecular weight excluding hydrogens is 319 g/mol. The number of nitrogens with zero attached hydrogens (tertiary/aromatic N) is 2. The molecule has 23 heavy (non-hydrogen) atoms. The Balaban J connectivity index is 1.83. The quantitative estimate of drug-likeness (QED) is 0.863. The fraction of sp³-hybridized carbons (Fsp3) is 0.400. The van der Waals surface area contributed by atoms with E-state index in [1.165, 1.54) is 29.2 Å². The van der Waals surface area contributed by atoms with Gasteiger partial charge in [-0.25, -0.2) is 22.2 Å². The van der Waals surface area contributed by atoms with Crippen LogP contribution in [-0.2, 0) is 10.0 Å². The second-order valence-corrected chi connectivity index (χ2v) is 7.44. The Labute approximate surface area is 134 Å². The lowest BCUT2D eigenvalue weighted by molar-refractivity contribution is 0.453. The van der Waals surface area contributed by atoms with Gasteiger partial charge < -0.3 is 5.73 Å². The van der Waals surface area contributed by atoms with Gasteiger partial charge in [-0.2, -0.15) is 5.10 Å². The molecule has 1 aromatic heterocycles. The lowest BCUT2D eigenvalue weighted by Gasteiger charge is -2.18. The maximum absolute atomic E-state index is 13.8. The second-order valence-electron chi connectivity index (χ2n) is 5.73. The van der Waals surface area contributed by atoms with Crippen molar-refractivity contribution in [3.05, 3.63) is 42.5 Å². The van der Waals surface area contributed by atoms with Gasteiger partial charge in [-0.05, 0) is 37.4 Å². The van der Waals surface area contributed by atoms with Gasteiger partial charge in [0.15, 0.2) is 0 Å². The minimum atomic E-state index is -3.70. The minimum Gasteiger partial charge on any atom is -0.330 e. The molecule has 2 aromatic rings. The fourth-order valence-electron chi connectivity index (χ4n) is 2.96. The molecule has 0 radical (unpaired) electrons. The van der Waals surface area contributed by atoms with Crippen LogP contribution in [0.1, 0.15) is 19.3 Å². The van der Waals surface area contributed by atoms with Crippen LogP contribution in [0.2, 0.25) is 0 Å². The number of hydrogen-bond acceptors (Lipinski definition) is 4. The summed E-state index contributed by atoms with van der Waals surface area (Å²) in [7, 11) is -3.70. The van der Waals surface area contributed by atoms with Crippen LogP contribution in [0.15, 0.2) is 41.6 Å². The van der Waals surface area contributed by atoms with Gasteiger partial charge in [0, 0.05) is 6.04 Å². The monoisotopic (exact) mass is 338 g/mol. The van der Waals surface area contributed by atoms with Crippen molar-refractivity contribution < 1.29 is 12.8 Å². The second kappa shape index (κ2) is 6.38. The third-order valence-corrected chi connectivity index (χ3v) is 5.68. The van der Waals surface area contributed by atoms with E-state index in [0.29, 0.717) is 6.54 Å². The largest absolute Gasteiger partial charge is 0.330 e. The van der Waals surface area contributed by atoms with Gasteiger partial charge in [0.2, 0.25) is 10.0 Å². The van der Waals surface area contributed by atoms with Crippen molar-refractivity contribution in [2.75, 3.05) is 6.54 Å². The molecule has 6 nitrogen and oxygen atoms in total. The SMILES string of the molecule is NCC1CCCC1NS(=O)(=O)c1cnn(-c2ccccc2F)c1. The van der Waals surface area contributed by atoms with Crippen LogP contribution in [0.3, 0.4) is 0 Å². The predicted octanol–water partition coefficient (Wildman–Crippen LogP) is 1.42. The highest BCUT2D eigenvalue weighted by molar-refractivity contribution is 7.89. The van der Waals surface area contributed by atoms with Crippen LogP contribution in [0.25, 0.3) is 5.69 Å². The molecule has 0 spiro atoms. The number of rotatable bonds is 5. The maximum atomic E-state index is 13.8. The number of hydrogen-bond donors (Lipinski definition) is 2. The first-order valence-electron chi connectivity index (χ1n) is 7.53. The molecule has 8 heteroatoms. The Bertz CT molecular complexity index is 790. The number of benzene rings is 1. The topological polar surface area (TPSA) is 90.0 Å². The van der Waals surface area contributed by atoms with E-state index >= 15 is 0 Å². The highest BCUT2D eigenvalue weighted by Crippen LogP contribution is 2.26. The molecule has 0 saturated heterocycles. The zero-order chi connectivity index (χ0) is 16.4. The van der Waals surface area contributed by atoms with Gasteiger partial charge in [0.1, 0.15) is 16.4 Å². The molecule has 0 bridgehead atoms. The third-order valence-electron chi connectivity index (χ3n) is 4.24. The summed E-state index contributed by atoms with van der Waals surface area (Å²) in [5.74, 6) is -0.308. The number of sulfonamides is 1. The molecule has 0 aliphatic heterocycles. The van der Waals surface area contributed by atoms with E-state index in [4.69, 9.17) is 5.73 Å². The first-order valence-corrected chi connectivity index (χ1v) is 9.01. The van der Waals surface area contributed by atoms with E-state index in [9.17, 15) is 12.8 Å². The minimum absolute atomic E-state index is 0.0171. The van der Waals surface area contributed by atoms with Crippen molar-refractivity contribution in [1.29, 1.82) is 0 Å². The maximum Gasteiger partial charge on any atom is 0.243 e. The van der Waals surface area contributed by atoms with E-state index in [-0.39, 0.29) is 22.5 Å². The number of nitrogens with one attached hydrogen (secondary N) is 1. The molecule has 0 amide bonds. The fourth-order valence-corrected chi connectivity index (χ4v) is 4.23. The molecule has 1 heterocycles. The lowest BCUT2D eigenvalue weighted by atomic mass is 10.1. The standard InChI is InChI=1S/C15H19FN4O2S/c16-13-5-1-2-7-15(13)20-10-12(9-18-20)23(21,22)19-14-6-3-4-11(14)8-17/h1-2,5,7,9-11,14,19H,3-4,6,8,17H2. The van der Waals surface area contributed by atoms with Crippen LogP contribution in [0.4, 0.5) is 4.39 Å². The van der Waals surface area contributed by atoms with Gasteiger partial charge in [0.05, 0.1) is 12.4 Å². The summed E-state index contributed by atoms with van der Waals surface area (Å²) in [4.78, 5) is 0.0171.